The van der Waals surface area contributed by atoms with Crippen molar-refractivity contribution in [3.63, 3.8) is 0 Å². The van der Waals surface area contributed by atoms with Crippen LogP contribution in [-0.2, 0) is 6.42 Å². The summed E-state index contributed by atoms with van der Waals surface area (Å²) in [7, 11) is 0. The first kappa shape index (κ1) is 19.9. The number of nitrogens with one attached hydrogen (secondary N) is 2. The first-order valence-electron chi connectivity index (χ1n) is 11.2. The van der Waals surface area contributed by atoms with Gasteiger partial charge >= 0.3 is 0 Å². The van der Waals surface area contributed by atoms with Crippen molar-refractivity contribution in [1.29, 1.82) is 0 Å². The summed E-state index contributed by atoms with van der Waals surface area (Å²) in [5.41, 5.74) is 6.84. The summed E-state index contributed by atoms with van der Waals surface area (Å²) < 4.78 is 2.16. The molecule has 0 aromatic carbocycles. The zero-order valence-corrected chi connectivity index (χ0v) is 18.7. The summed E-state index contributed by atoms with van der Waals surface area (Å²) in [6, 6.07) is 4.43. The normalized spacial score (nSPS) is 15.5. The summed E-state index contributed by atoms with van der Waals surface area (Å²) in [6.45, 7) is 12.8. The highest BCUT2D eigenvalue weighted by atomic mass is 15.3. The maximum atomic E-state index is 4.90. The molecule has 0 saturated carbocycles. The van der Waals surface area contributed by atoms with Gasteiger partial charge in [0.05, 0.1) is 29.0 Å². The molecule has 1 aliphatic heterocycles. The average Bonchev–Trinajstić information content (AvgIpc) is 3.31. The van der Waals surface area contributed by atoms with Crippen molar-refractivity contribution in [3.05, 3.63) is 41.5 Å². The lowest BCUT2D eigenvalue weighted by molar-refractivity contribution is 0.494. The number of pyridine rings is 1. The van der Waals surface area contributed by atoms with Crippen molar-refractivity contribution in [3.8, 4) is 11.3 Å². The Morgan fingerprint density at radius 2 is 1.84 bits per heavy atom. The molecular weight excluding hydrogens is 388 g/mol. The van der Waals surface area contributed by atoms with Crippen molar-refractivity contribution in [2.45, 2.75) is 46.1 Å². The average molecular weight is 419 g/mol. The standard InChI is InChI=1S/C23H30N8/c1-14(2)22-20-18(29-31(22)15(3)4)11-16-12-26-23(28-21(16)20)27-19-6-5-17(13-25-19)30-9-7-24-8-10-30/h5-6,12-15,24H,7-11H2,1-4H3,(H,25,26,27,28). The Hall–Kier alpha value is -3.00. The van der Waals surface area contributed by atoms with Crippen LogP contribution in [0.15, 0.2) is 24.5 Å². The highest BCUT2D eigenvalue weighted by Crippen LogP contribution is 2.41. The molecular formula is C23H30N8. The molecule has 8 heteroatoms. The Labute approximate surface area is 183 Å². The Balaban J connectivity index is 1.41. The molecule has 3 aromatic heterocycles. The minimum absolute atomic E-state index is 0.323. The van der Waals surface area contributed by atoms with Crippen LogP contribution in [0, 0.1) is 0 Å². The molecule has 1 saturated heterocycles. The number of hydrogen-bond acceptors (Lipinski definition) is 7. The molecule has 0 radical (unpaired) electrons. The van der Waals surface area contributed by atoms with Crippen molar-refractivity contribution in [1.82, 2.24) is 30.0 Å². The third kappa shape index (κ3) is 3.65. The van der Waals surface area contributed by atoms with Crippen molar-refractivity contribution in [2.75, 3.05) is 36.4 Å². The van der Waals surface area contributed by atoms with E-state index in [0.717, 1.165) is 61.1 Å². The topological polar surface area (TPSA) is 83.8 Å². The zero-order valence-electron chi connectivity index (χ0n) is 18.7. The second kappa shape index (κ2) is 7.92. The van der Waals surface area contributed by atoms with Crippen LogP contribution in [0.25, 0.3) is 11.3 Å². The first-order chi connectivity index (χ1) is 15.0. The van der Waals surface area contributed by atoms with Crippen LogP contribution in [0.5, 0.6) is 0 Å². The van der Waals surface area contributed by atoms with Crippen molar-refractivity contribution in [2.24, 2.45) is 0 Å². The number of rotatable bonds is 5. The molecule has 1 fully saturated rings. The van der Waals surface area contributed by atoms with E-state index in [1.165, 1.54) is 11.3 Å². The third-order valence-electron chi connectivity index (χ3n) is 5.99. The SMILES string of the molecule is CC(C)c1c2c(nn1C(C)C)Cc1cnc(Nc3ccc(N4CCNCC4)cn3)nc1-2. The molecule has 1 aliphatic carbocycles. The maximum absolute atomic E-state index is 4.90. The lowest BCUT2D eigenvalue weighted by Gasteiger charge is -2.29. The highest BCUT2D eigenvalue weighted by Gasteiger charge is 2.31. The predicted molar refractivity (Wildman–Crippen MR) is 123 cm³/mol. The van der Waals surface area contributed by atoms with Gasteiger partial charge in [-0.3, -0.25) is 4.68 Å². The van der Waals surface area contributed by atoms with E-state index in [1.54, 1.807) is 0 Å². The fourth-order valence-corrected chi connectivity index (χ4v) is 4.50. The molecule has 4 heterocycles. The molecule has 0 amide bonds. The van der Waals surface area contributed by atoms with E-state index in [1.807, 2.05) is 18.5 Å². The summed E-state index contributed by atoms with van der Waals surface area (Å²) in [5, 5.41) is 11.6. The summed E-state index contributed by atoms with van der Waals surface area (Å²) >= 11 is 0. The van der Waals surface area contributed by atoms with E-state index in [2.05, 4.69) is 63.9 Å². The van der Waals surface area contributed by atoms with Gasteiger partial charge in [0.25, 0.3) is 0 Å². The molecule has 8 nitrogen and oxygen atoms in total. The lowest BCUT2D eigenvalue weighted by Crippen LogP contribution is -2.43. The van der Waals surface area contributed by atoms with Gasteiger partial charge < -0.3 is 15.5 Å². The van der Waals surface area contributed by atoms with Gasteiger partial charge in [-0.15, -0.1) is 0 Å². The van der Waals surface area contributed by atoms with Crippen molar-refractivity contribution < 1.29 is 0 Å². The minimum atomic E-state index is 0.323. The van der Waals surface area contributed by atoms with E-state index in [4.69, 9.17) is 10.1 Å². The zero-order chi connectivity index (χ0) is 21.5. The number of fused-ring (bicyclic) bond motifs is 3. The number of anilines is 3. The number of piperazine rings is 1. The number of nitrogens with zero attached hydrogens (tertiary/aromatic N) is 6. The molecule has 0 spiro atoms. The lowest BCUT2D eigenvalue weighted by atomic mass is 10.0. The van der Waals surface area contributed by atoms with Crippen molar-refractivity contribution >= 4 is 17.5 Å². The Bertz CT molecular complexity index is 1080. The van der Waals surface area contributed by atoms with E-state index in [0.29, 0.717) is 17.9 Å². The Morgan fingerprint density at radius 1 is 1.03 bits per heavy atom. The van der Waals surface area contributed by atoms with Crippen LogP contribution in [0.2, 0.25) is 0 Å². The minimum Gasteiger partial charge on any atom is -0.368 e. The quantitative estimate of drug-likeness (QED) is 0.513. The monoisotopic (exact) mass is 418 g/mol. The van der Waals surface area contributed by atoms with Gasteiger partial charge in [-0.25, -0.2) is 15.0 Å². The molecule has 162 valence electrons. The van der Waals surface area contributed by atoms with E-state index in [-0.39, 0.29) is 0 Å². The van der Waals surface area contributed by atoms with Gasteiger partial charge in [-0.2, -0.15) is 5.10 Å². The first-order valence-corrected chi connectivity index (χ1v) is 11.2. The van der Waals surface area contributed by atoms with E-state index < -0.39 is 0 Å². The van der Waals surface area contributed by atoms with Crippen LogP contribution < -0.4 is 15.5 Å². The van der Waals surface area contributed by atoms with Crippen LogP contribution in [-0.4, -0.2) is 50.9 Å². The Kier molecular flexibility index (Phi) is 5.09. The van der Waals surface area contributed by atoms with Gasteiger partial charge in [-0.05, 0) is 31.9 Å². The van der Waals surface area contributed by atoms with Crippen LogP contribution in [0.1, 0.15) is 56.6 Å². The Morgan fingerprint density at radius 3 is 2.52 bits per heavy atom. The summed E-state index contributed by atoms with van der Waals surface area (Å²) in [6.07, 6.45) is 4.63. The fourth-order valence-electron chi connectivity index (χ4n) is 4.50. The molecule has 2 N–H and O–H groups in total. The molecule has 0 atom stereocenters. The maximum Gasteiger partial charge on any atom is 0.228 e. The van der Waals surface area contributed by atoms with Crippen LogP contribution in [0.4, 0.5) is 17.5 Å². The predicted octanol–water partition coefficient (Wildman–Crippen LogP) is 3.50. The third-order valence-corrected chi connectivity index (χ3v) is 5.99. The summed E-state index contributed by atoms with van der Waals surface area (Å²) in [4.78, 5) is 16.4. The second-order valence-corrected chi connectivity index (χ2v) is 8.91. The number of aromatic nitrogens is 5. The van der Waals surface area contributed by atoms with E-state index in [9.17, 15) is 0 Å². The van der Waals surface area contributed by atoms with Crippen LogP contribution in [0.3, 0.4) is 0 Å². The van der Waals surface area contributed by atoms with Gasteiger partial charge in [0.2, 0.25) is 5.95 Å². The second-order valence-electron chi connectivity index (χ2n) is 8.91. The molecule has 0 bridgehead atoms. The largest absolute Gasteiger partial charge is 0.368 e. The van der Waals surface area contributed by atoms with Gasteiger partial charge in [0.15, 0.2) is 0 Å². The molecule has 3 aromatic rings. The van der Waals surface area contributed by atoms with Gasteiger partial charge in [-0.1, -0.05) is 13.8 Å². The number of hydrogen-bond donors (Lipinski definition) is 2. The van der Waals surface area contributed by atoms with Gasteiger partial charge in [0.1, 0.15) is 5.82 Å². The smallest absolute Gasteiger partial charge is 0.228 e. The molecule has 5 rings (SSSR count). The van der Waals surface area contributed by atoms with Crippen LogP contribution >= 0.6 is 0 Å². The van der Waals surface area contributed by atoms with Gasteiger partial charge in [0, 0.05) is 56.0 Å². The summed E-state index contributed by atoms with van der Waals surface area (Å²) in [5.74, 6) is 1.69. The molecule has 0 unspecified atom stereocenters. The highest BCUT2D eigenvalue weighted by molar-refractivity contribution is 5.75. The van der Waals surface area contributed by atoms with E-state index >= 15 is 0 Å². The fraction of sp³-hybridized carbons (Fsp3) is 0.478. The molecule has 31 heavy (non-hydrogen) atoms. The molecule has 2 aliphatic rings.